The van der Waals surface area contributed by atoms with Gasteiger partial charge in [0.05, 0.1) is 0 Å². The summed E-state index contributed by atoms with van der Waals surface area (Å²) in [6, 6.07) is 0. The van der Waals surface area contributed by atoms with E-state index >= 15 is 0 Å². The fourth-order valence-electron chi connectivity index (χ4n) is 0.172. The van der Waals surface area contributed by atoms with E-state index in [1.807, 2.05) is 5.82 Å². The molecule has 0 aliphatic carbocycles. The minimum atomic E-state index is 0.0939. The molecule has 0 radical (unpaired) electrons. The van der Waals surface area contributed by atoms with Crippen molar-refractivity contribution >= 4 is 7.92 Å². The minimum Gasteiger partial charge on any atom is -0.405 e. The van der Waals surface area contributed by atoms with Crippen molar-refractivity contribution in [1.82, 2.24) is 0 Å². The average Bonchev–Trinajstić information content (AvgIpc) is 1.35. The zero-order valence-corrected chi connectivity index (χ0v) is 5.07. The molecule has 0 aromatic rings. The molecule has 2 N–H and O–H groups in total. The lowest BCUT2D eigenvalue weighted by Gasteiger charge is -1.88. The van der Waals surface area contributed by atoms with Crippen LogP contribution in [0.5, 0.6) is 0 Å². The Morgan fingerprint density at radius 1 is 1.50 bits per heavy atom. The maximum absolute atomic E-state index is 5.07. The van der Waals surface area contributed by atoms with Gasteiger partial charge in [0.2, 0.25) is 0 Å². The second kappa shape index (κ2) is 3.17. The molecule has 1 nitrogen and oxygen atoms in total. The van der Waals surface area contributed by atoms with Crippen LogP contribution in [0.1, 0.15) is 0 Å². The van der Waals surface area contributed by atoms with Crippen LogP contribution in [0.25, 0.3) is 0 Å². The van der Waals surface area contributed by atoms with Gasteiger partial charge < -0.3 is 5.73 Å². The highest BCUT2D eigenvalue weighted by molar-refractivity contribution is 7.59. The predicted octanol–water partition coefficient (Wildman–Crippen LogP) is 1.16. The highest BCUT2D eigenvalue weighted by atomic mass is 31.1. The van der Waals surface area contributed by atoms with E-state index < -0.39 is 0 Å². The molecule has 2 heteroatoms. The van der Waals surface area contributed by atoms with E-state index in [2.05, 4.69) is 13.3 Å². The summed E-state index contributed by atoms with van der Waals surface area (Å²) in [7, 11) is 0.0939. The third-order valence-corrected chi connectivity index (χ3v) is 1.15. The lowest BCUT2D eigenvalue weighted by molar-refractivity contribution is 1.63. The molecule has 0 heterocycles. The Bertz CT molecular complexity index is 49.5. The van der Waals surface area contributed by atoms with Gasteiger partial charge in [0.1, 0.15) is 0 Å². The third kappa shape index (κ3) is 3.97. The standard InChI is InChI=1S/C4H10NP/c1-6(2)4-3-5/h3-4H,5H2,1-2H3/b4-3-. The van der Waals surface area contributed by atoms with Gasteiger partial charge in [0, 0.05) is 0 Å². The van der Waals surface area contributed by atoms with Gasteiger partial charge >= 0.3 is 0 Å². The Labute approximate surface area is 40.0 Å². The SMILES string of the molecule is CP(C)/C=C\N. The van der Waals surface area contributed by atoms with Crippen LogP contribution in [0.15, 0.2) is 12.0 Å². The van der Waals surface area contributed by atoms with Crippen molar-refractivity contribution in [1.29, 1.82) is 0 Å². The molecular formula is C4H10NP. The van der Waals surface area contributed by atoms with Crippen molar-refractivity contribution in [2.45, 2.75) is 0 Å². The van der Waals surface area contributed by atoms with E-state index in [1.54, 1.807) is 6.20 Å². The zero-order chi connectivity index (χ0) is 4.99. The molecule has 36 valence electrons. The van der Waals surface area contributed by atoms with Crippen LogP contribution in [0.2, 0.25) is 0 Å². The van der Waals surface area contributed by atoms with E-state index in [-0.39, 0.29) is 7.92 Å². The van der Waals surface area contributed by atoms with E-state index in [0.717, 1.165) is 0 Å². The van der Waals surface area contributed by atoms with Crippen LogP contribution >= 0.6 is 7.92 Å². The van der Waals surface area contributed by atoms with Crippen molar-refractivity contribution in [3.8, 4) is 0 Å². The first-order chi connectivity index (χ1) is 2.77. The second-order valence-electron chi connectivity index (χ2n) is 1.31. The molecule has 0 aliphatic heterocycles. The molecule has 0 aromatic carbocycles. The van der Waals surface area contributed by atoms with Gasteiger partial charge in [-0.25, -0.2) is 0 Å². The first-order valence-electron chi connectivity index (χ1n) is 1.82. The van der Waals surface area contributed by atoms with Crippen LogP contribution in [0.3, 0.4) is 0 Å². The topological polar surface area (TPSA) is 26.0 Å². The van der Waals surface area contributed by atoms with Crippen molar-refractivity contribution in [3.05, 3.63) is 12.0 Å². The maximum atomic E-state index is 5.07. The van der Waals surface area contributed by atoms with Crippen molar-refractivity contribution in [3.63, 3.8) is 0 Å². The van der Waals surface area contributed by atoms with Gasteiger partial charge in [-0.15, -0.1) is 0 Å². The fourth-order valence-corrected chi connectivity index (χ4v) is 0.516. The Balaban J connectivity index is 3.03. The molecule has 0 atom stereocenters. The summed E-state index contributed by atoms with van der Waals surface area (Å²) in [5, 5.41) is 0. The van der Waals surface area contributed by atoms with Gasteiger partial charge in [-0.2, -0.15) is 0 Å². The highest BCUT2D eigenvalue weighted by Gasteiger charge is 1.75. The molecule has 0 spiro atoms. The maximum Gasteiger partial charge on any atom is -0.00577 e. The Hall–Kier alpha value is -0.0300. The van der Waals surface area contributed by atoms with Gasteiger partial charge in [0.25, 0.3) is 0 Å². The normalized spacial score (nSPS) is 11.2. The summed E-state index contributed by atoms with van der Waals surface area (Å²) < 4.78 is 0. The monoisotopic (exact) mass is 103 g/mol. The summed E-state index contributed by atoms with van der Waals surface area (Å²) in [5.41, 5.74) is 5.07. The summed E-state index contributed by atoms with van der Waals surface area (Å²) in [6.45, 7) is 4.30. The molecule has 0 saturated heterocycles. The average molecular weight is 103 g/mol. The van der Waals surface area contributed by atoms with Crippen LogP contribution in [-0.2, 0) is 0 Å². The summed E-state index contributed by atoms with van der Waals surface area (Å²) >= 11 is 0. The number of hydrogen-bond donors (Lipinski definition) is 1. The van der Waals surface area contributed by atoms with Crippen LogP contribution < -0.4 is 5.73 Å². The van der Waals surface area contributed by atoms with Crippen LogP contribution in [0.4, 0.5) is 0 Å². The predicted molar refractivity (Wildman–Crippen MR) is 32.1 cm³/mol. The third-order valence-electron chi connectivity index (χ3n) is 0.384. The van der Waals surface area contributed by atoms with Crippen molar-refractivity contribution in [2.24, 2.45) is 5.73 Å². The molecule has 0 unspecified atom stereocenters. The molecule has 0 bridgehead atoms. The van der Waals surface area contributed by atoms with Gasteiger partial charge in [-0.3, -0.25) is 0 Å². The lowest BCUT2D eigenvalue weighted by Crippen LogP contribution is -1.72. The smallest absolute Gasteiger partial charge is 0.00577 e. The molecule has 0 saturated carbocycles. The van der Waals surface area contributed by atoms with E-state index in [9.17, 15) is 0 Å². The number of hydrogen-bond acceptors (Lipinski definition) is 1. The van der Waals surface area contributed by atoms with E-state index in [1.165, 1.54) is 0 Å². The summed E-state index contributed by atoms with van der Waals surface area (Å²) in [5.74, 6) is 2.01. The summed E-state index contributed by atoms with van der Waals surface area (Å²) in [4.78, 5) is 0. The quantitative estimate of drug-likeness (QED) is 0.495. The largest absolute Gasteiger partial charge is 0.405 e. The number of nitrogens with two attached hydrogens (primary N) is 1. The Morgan fingerprint density at radius 3 is 2.00 bits per heavy atom. The van der Waals surface area contributed by atoms with E-state index in [4.69, 9.17) is 5.73 Å². The molecule has 0 aliphatic rings. The lowest BCUT2D eigenvalue weighted by atomic mass is 11.1. The molecule has 0 aromatic heterocycles. The first kappa shape index (κ1) is 5.97. The second-order valence-corrected chi connectivity index (χ2v) is 3.53. The van der Waals surface area contributed by atoms with Gasteiger partial charge in [-0.05, 0) is 25.3 Å². The molecule has 0 amide bonds. The van der Waals surface area contributed by atoms with Crippen LogP contribution in [0, 0.1) is 0 Å². The van der Waals surface area contributed by atoms with Gasteiger partial charge in [0.15, 0.2) is 0 Å². The summed E-state index contributed by atoms with van der Waals surface area (Å²) in [6.07, 6.45) is 1.60. The molecule has 6 heavy (non-hydrogen) atoms. The Morgan fingerprint density at radius 2 is 2.00 bits per heavy atom. The number of rotatable bonds is 1. The van der Waals surface area contributed by atoms with Crippen LogP contribution in [-0.4, -0.2) is 13.3 Å². The fraction of sp³-hybridized carbons (Fsp3) is 0.500. The molecular weight excluding hydrogens is 93.0 g/mol. The van der Waals surface area contributed by atoms with Crippen molar-refractivity contribution in [2.75, 3.05) is 13.3 Å². The first-order valence-corrected chi connectivity index (χ1v) is 4.12. The van der Waals surface area contributed by atoms with Crippen molar-refractivity contribution < 1.29 is 0 Å². The Kier molecular flexibility index (Phi) is 3.16. The highest BCUT2D eigenvalue weighted by Crippen LogP contribution is 2.24. The minimum absolute atomic E-state index is 0.0939. The van der Waals surface area contributed by atoms with Gasteiger partial charge in [-0.1, -0.05) is 7.92 Å². The molecule has 0 rings (SSSR count). The zero-order valence-electron chi connectivity index (χ0n) is 4.18. The van der Waals surface area contributed by atoms with E-state index in [0.29, 0.717) is 0 Å². The molecule has 0 fully saturated rings.